The van der Waals surface area contributed by atoms with Crippen LogP contribution in [0.15, 0.2) is 0 Å². The lowest BCUT2D eigenvalue weighted by atomic mass is 10.4. The van der Waals surface area contributed by atoms with Crippen molar-refractivity contribution in [2.75, 3.05) is 24.6 Å². The molecule has 0 aromatic rings. The Bertz CT molecular complexity index is 301. The summed E-state index contributed by atoms with van der Waals surface area (Å²) in [5.41, 5.74) is 0. The fourth-order valence-electron chi connectivity index (χ4n) is 1.15. The van der Waals surface area contributed by atoms with E-state index in [2.05, 4.69) is 10.6 Å². The highest BCUT2D eigenvalue weighted by atomic mass is 32.2. The highest BCUT2D eigenvalue weighted by Crippen LogP contribution is 1.93. The average Bonchev–Trinajstić information content (AvgIpc) is 2.23. The SMILES string of the molecule is CCCNC(=O)CNC(C)CS(=O)(=O)CC. The van der Waals surface area contributed by atoms with Gasteiger partial charge in [0, 0.05) is 18.3 Å². The summed E-state index contributed by atoms with van der Waals surface area (Å²) in [6, 6.07) is -0.197. The fourth-order valence-corrected chi connectivity index (χ4v) is 2.27. The maximum atomic E-state index is 11.3. The number of nitrogens with one attached hydrogen (secondary N) is 2. The van der Waals surface area contributed by atoms with Crippen LogP contribution in [0, 0.1) is 0 Å². The molecule has 16 heavy (non-hydrogen) atoms. The normalized spacial score (nSPS) is 13.4. The van der Waals surface area contributed by atoms with E-state index in [9.17, 15) is 13.2 Å². The second-order valence-electron chi connectivity index (χ2n) is 3.83. The predicted molar refractivity (Wildman–Crippen MR) is 65.1 cm³/mol. The van der Waals surface area contributed by atoms with Crippen LogP contribution in [0.4, 0.5) is 0 Å². The molecule has 0 saturated heterocycles. The molecule has 0 heterocycles. The van der Waals surface area contributed by atoms with Gasteiger partial charge in [0.25, 0.3) is 0 Å². The summed E-state index contributed by atoms with van der Waals surface area (Å²) in [7, 11) is -2.98. The first-order chi connectivity index (χ1) is 7.41. The monoisotopic (exact) mass is 250 g/mol. The van der Waals surface area contributed by atoms with Crippen molar-refractivity contribution in [2.24, 2.45) is 0 Å². The lowest BCUT2D eigenvalue weighted by Crippen LogP contribution is -2.41. The van der Waals surface area contributed by atoms with Crippen molar-refractivity contribution in [1.29, 1.82) is 0 Å². The van der Waals surface area contributed by atoms with Crippen LogP contribution >= 0.6 is 0 Å². The number of hydrogen-bond donors (Lipinski definition) is 2. The fraction of sp³-hybridized carbons (Fsp3) is 0.900. The van der Waals surface area contributed by atoms with Gasteiger partial charge >= 0.3 is 0 Å². The van der Waals surface area contributed by atoms with Crippen molar-refractivity contribution in [1.82, 2.24) is 10.6 Å². The molecule has 1 amide bonds. The highest BCUT2D eigenvalue weighted by Gasteiger charge is 2.13. The van der Waals surface area contributed by atoms with Gasteiger partial charge in [0.1, 0.15) is 0 Å². The third kappa shape index (κ3) is 7.64. The molecule has 96 valence electrons. The molecule has 0 radical (unpaired) electrons. The molecular formula is C10H22N2O3S. The van der Waals surface area contributed by atoms with Crippen molar-refractivity contribution >= 4 is 15.7 Å². The molecular weight excluding hydrogens is 228 g/mol. The minimum absolute atomic E-state index is 0.0740. The van der Waals surface area contributed by atoms with Gasteiger partial charge in [-0.2, -0.15) is 0 Å². The van der Waals surface area contributed by atoms with E-state index >= 15 is 0 Å². The summed E-state index contributed by atoms with van der Waals surface area (Å²) in [5.74, 6) is 0.119. The predicted octanol–water partition coefficient (Wildman–Crippen LogP) is -0.0746. The number of sulfone groups is 1. The van der Waals surface area contributed by atoms with E-state index in [-0.39, 0.29) is 30.0 Å². The van der Waals surface area contributed by atoms with Gasteiger partial charge < -0.3 is 10.6 Å². The van der Waals surface area contributed by atoms with Crippen molar-refractivity contribution in [2.45, 2.75) is 33.2 Å². The van der Waals surface area contributed by atoms with Gasteiger partial charge in [0.2, 0.25) is 5.91 Å². The van der Waals surface area contributed by atoms with Gasteiger partial charge in [0.05, 0.1) is 12.3 Å². The Balaban J connectivity index is 3.81. The van der Waals surface area contributed by atoms with Gasteiger partial charge in [-0.05, 0) is 13.3 Å². The molecule has 0 bridgehead atoms. The molecule has 2 N–H and O–H groups in total. The second kappa shape index (κ2) is 7.62. The summed E-state index contributed by atoms with van der Waals surface area (Å²) in [6.45, 7) is 6.18. The number of carbonyl (C=O) groups is 1. The summed E-state index contributed by atoms with van der Waals surface area (Å²) < 4.78 is 22.6. The molecule has 0 aliphatic carbocycles. The molecule has 1 atom stereocenters. The van der Waals surface area contributed by atoms with Gasteiger partial charge in [0.15, 0.2) is 9.84 Å². The number of rotatable bonds is 8. The molecule has 0 rings (SSSR count). The summed E-state index contributed by atoms with van der Waals surface area (Å²) in [4.78, 5) is 11.2. The zero-order chi connectivity index (χ0) is 12.6. The van der Waals surface area contributed by atoms with E-state index in [1.807, 2.05) is 6.92 Å². The molecule has 0 aromatic carbocycles. The van der Waals surface area contributed by atoms with E-state index in [0.717, 1.165) is 6.42 Å². The van der Waals surface area contributed by atoms with Crippen LogP contribution < -0.4 is 10.6 Å². The Hall–Kier alpha value is -0.620. The van der Waals surface area contributed by atoms with Gasteiger partial charge in [-0.25, -0.2) is 8.42 Å². The Morgan fingerprint density at radius 3 is 2.44 bits per heavy atom. The van der Waals surface area contributed by atoms with Gasteiger partial charge in [-0.1, -0.05) is 13.8 Å². The average molecular weight is 250 g/mol. The largest absolute Gasteiger partial charge is 0.355 e. The van der Waals surface area contributed by atoms with Crippen LogP contribution in [0.1, 0.15) is 27.2 Å². The van der Waals surface area contributed by atoms with Crippen LogP contribution in [-0.4, -0.2) is 45.0 Å². The van der Waals surface area contributed by atoms with Crippen LogP contribution in [0.2, 0.25) is 0 Å². The third-order valence-corrected chi connectivity index (χ3v) is 4.01. The number of amides is 1. The Morgan fingerprint density at radius 2 is 1.94 bits per heavy atom. The minimum Gasteiger partial charge on any atom is -0.355 e. The van der Waals surface area contributed by atoms with Crippen molar-refractivity contribution in [3.63, 3.8) is 0 Å². The second-order valence-corrected chi connectivity index (χ2v) is 6.23. The lowest BCUT2D eigenvalue weighted by molar-refractivity contribution is -0.120. The van der Waals surface area contributed by atoms with E-state index in [0.29, 0.717) is 6.54 Å². The topological polar surface area (TPSA) is 75.3 Å². The first-order valence-electron chi connectivity index (χ1n) is 5.61. The molecule has 1 unspecified atom stereocenters. The van der Waals surface area contributed by atoms with E-state index in [4.69, 9.17) is 0 Å². The van der Waals surface area contributed by atoms with Crippen LogP contribution in [-0.2, 0) is 14.6 Å². The molecule has 5 nitrogen and oxygen atoms in total. The van der Waals surface area contributed by atoms with E-state index in [1.165, 1.54) is 0 Å². The minimum atomic E-state index is -2.98. The van der Waals surface area contributed by atoms with Crippen LogP contribution in [0.25, 0.3) is 0 Å². The Kier molecular flexibility index (Phi) is 7.33. The van der Waals surface area contributed by atoms with Gasteiger partial charge in [-0.3, -0.25) is 4.79 Å². The summed E-state index contributed by atoms with van der Waals surface area (Å²) >= 11 is 0. The maximum Gasteiger partial charge on any atom is 0.233 e. The van der Waals surface area contributed by atoms with Crippen molar-refractivity contribution in [3.05, 3.63) is 0 Å². The van der Waals surface area contributed by atoms with Crippen LogP contribution in [0.5, 0.6) is 0 Å². The molecule has 0 aromatic heterocycles. The maximum absolute atomic E-state index is 11.3. The Morgan fingerprint density at radius 1 is 1.31 bits per heavy atom. The standard InChI is InChI=1S/C10H22N2O3S/c1-4-6-11-10(13)7-12-9(3)8-16(14,15)5-2/h9,12H,4-8H2,1-3H3,(H,11,13). The quantitative estimate of drug-likeness (QED) is 0.632. The molecule has 0 aliphatic rings. The zero-order valence-electron chi connectivity index (χ0n) is 10.2. The van der Waals surface area contributed by atoms with Crippen molar-refractivity contribution < 1.29 is 13.2 Å². The van der Waals surface area contributed by atoms with E-state index < -0.39 is 9.84 Å². The highest BCUT2D eigenvalue weighted by molar-refractivity contribution is 7.91. The lowest BCUT2D eigenvalue weighted by Gasteiger charge is -2.13. The van der Waals surface area contributed by atoms with Crippen LogP contribution in [0.3, 0.4) is 0 Å². The summed E-state index contributed by atoms with van der Waals surface area (Å²) in [5, 5.41) is 5.60. The molecule has 0 spiro atoms. The smallest absolute Gasteiger partial charge is 0.233 e. The third-order valence-electron chi connectivity index (χ3n) is 2.13. The summed E-state index contributed by atoms with van der Waals surface area (Å²) in [6.07, 6.45) is 0.894. The van der Waals surface area contributed by atoms with E-state index in [1.54, 1.807) is 13.8 Å². The molecule has 6 heteroatoms. The van der Waals surface area contributed by atoms with Crippen molar-refractivity contribution in [3.8, 4) is 0 Å². The molecule has 0 saturated carbocycles. The number of carbonyl (C=O) groups excluding carboxylic acids is 1. The van der Waals surface area contributed by atoms with Gasteiger partial charge in [-0.15, -0.1) is 0 Å². The Labute approximate surface area is 97.9 Å². The number of hydrogen-bond acceptors (Lipinski definition) is 4. The molecule has 0 fully saturated rings. The first-order valence-corrected chi connectivity index (χ1v) is 7.44. The zero-order valence-corrected chi connectivity index (χ0v) is 11.1. The molecule has 0 aliphatic heterocycles. The first kappa shape index (κ1) is 15.4.